The predicted molar refractivity (Wildman–Crippen MR) is 58.7 cm³/mol. The number of nitrogens with zero attached hydrogens (tertiary/aromatic N) is 1. The van der Waals surface area contributed by atoms with Crippen molar-refractivity contribution in [2.75, 3.05) is 6.54 Å². The third-order valence-electron chi connectivity index (χ3n) is 2.90. The molecule has 1 heterocycles. The zero-order valence-electron chi connectivity index (χ0n) is 10.4. The van der Waals surface area contributed by atoms with Gasteiger partial charge in [-0.15, -0.1) is 0 Å². The highest BCUT2D eigenvalue weighted by Crippen LogP contribution is 2.23. The molecule has 7 heteroatoms. The average molecular weight is 266 g/mol. The number of amides is 2. The van der Waals surface area contributed by atoms with Crippen molar-refractivity contribution in [3.8, 4) is 0 Å². The number of hydrogen-bond acceptors (Lipinski definition) is 2. The molecule has 1 fully saturated rings. The summed E-state index contributed by atoms with van der Waals surface area (Å²) < 4.78 is 37.4. The fourth-order valence-electron chi connectivity index (χ4n) is 2.04. The third-order valence-corrected chi connectivity index (χ3v) is 2.90. The number of rotatable bonds is 4. The van der Waals surface area contributed by atoms with Crippen LogP contribution in [0, 0.1) is 0 Å². The van der Waals surface area contributed by atoms with Crippen LogP contribution in [0.1, 0.15) is 33.1 Å². The molecule has 1 N–H and O–H groups in total. The molecule has 0 aromatic heterocycles. The molecule has 0 saturated carbocycles. The number of halogens is 3. The fourth-order valence-corrected chi connectivity index (χ4v) is 2.04. The van der Waals surface area contributed by atoms with Crippen LogP contribution in [0.15, 0.2) is 0 Å². The van der Waals surface area contributed by atoms with Crippen LogP contribution in [0.3, 0.4) is 0 Å². The minimum Gasteiger partial charge on any atom is -0.343 e. The molecule has 18 heavy (non-hydrogen) atoms. The summed E-state index contributed by atoms with van der Waals surface area (Å²) in [6, 6.07) is -1.85. The molecule has 104 valence electrons. The second-order valence-electron chi connectivity index (χ2n) is 4.36. The number of hydrogen-bond donors (Lipinski definition) is 1. The lowest BCUT2D eigenvalue weighted by Crippen LogP contribution is -2.64. The van der Waals surface area contributed by atoms with Crippen LogP contribution >= 0.6 is 0 Å². The lowest BCUT2D eigenvalue weighted by Gasteiger charge is -2.39. The first-order valence-corrected chi connectivity index (χ1v) is 5.97. The van der Waals surface area contributed by atoms with Crippen molar-refractivity contribution in [3.63, 3.8) is 0 Å². The smallest absolute Gasteiger partial charge is 0.343 e. The molecule has 0 aromatic carbocycles. The highest BCUT2D eigenvalue weighted by atomic mass is 19.4. The Morgan fingerprint density at radius 1 is 1.28 bits per heavy atom. The summed E-state index contributed by atoms with van der Waals surface area (Å²) in [4.78, 5) is 24.3. The van der Waals surface area contributed by atoms with Gasteiger partial charge in [0.2, 0.25) is 11.8 Å². The van der Waals surface area contributed by atoms with E-state index in [4.69, 9.17) is 0 Å². The molecule has 0 aliphatic carbocycles. The first kappa shape index (κ1) is 14.8. The van der Waals surface area contributed by atoms with Crippen molar-refractivity contribution >= 4 is 11.8 Å². The van der Waals surface area contributed by atoms with Crippen LogP contribution in [-0.4, -0.2) is 41.5 Å². The van der Waals surface area contributed by atoms with Gasteiger partial charge in [-0.2, -0.15) is 13.2 Å². The highest BCUT2D eigenvalue weighted by molar-refractivity contribution is 5.96. The van der Waals surface area contributed by atoms with E-state index < -0.39 is 36.6 Å². The van der Waals surface area contributed by atoms with E-state index in [9.17, 15) is 22.8 Å². The lowest BCUT2D eigenvalue weighted by atomic mass is 10.0. The Morgan fingerprint density at radius 2 is 1.89 bits per heavy atom. The van der Waals surface area contributed by atoms with Gasteiger partial charge in [0.15, 0.2) is 0 Å². The number of piperazine rings is 1. The van der Waals surface area contributed by atoms with Crippen LogP contribution < -0.4 is 5.32 Å². The highest BCUT2D eigenvalue weighted by Gasteiger charge is 2.44. The van der Waals surface area contributed by atoms with Crippen molar-refractivity contribution in [1.82, 2.24) is 10.2 Å². The van der Waals surface area contributed by atoms with Gasteiger partial charge in [0.25, 0.3) is 0 Å². The van der Waals surface area contributed by atoms with E-state index in [1.165, 1.54) is 0 Å². The predicted octanol–water partition coefficient (Wildman–Crippen LogP) is 1.45. The Kier molecular flexibility index (Phi) is 4.59. The molecule has 1 aliphatic rings. The molecular formula is C11H17F3N2O2. The maximum absolute atomic E-state index is 12.5. The first-order chi connectivity index (χ1) is 8.30. The van der Waals surface area contributed by atoms with Crippen LogP contribution in [0.4, 0.5) is 13.2 Å². The normalized spacial score (nSPS) is 25.3. The molecule has 2 unspecified atom stereocenters. The van der Waals surface area contributed by atoms with Crippen molar-refractivity contribution in [2.45, 2.75) is 51.4 Å². The molecular weight excluding hydrogens is 249 g/mol. The fraction of sp³-hybridized carbons (Fsp3) is 0.818. The van der Waals surface area contributed by atoms with E-state index in [1.807, 2.05) is 0 Å². The van der Waals surface area contributed by atoms with Gasteiger partial charge in [-0.3, -0.25) is 9.59 Å². The Hall–Kier alpha value is -1.27. The minimum atomic E-state index is -4.49. The van der Waals surface area contributed by atoms with Crippen LogP contribution in [0.2, 0.25) is 0 Å². The molecule has 0 bridgehead atoms. The van der Waals surface area contributed by atoms with Crippen LogP contribution in [0.5, 0.6) is 0 Å². The Bertz CT molecular complexity index is 331. The third kappa shape index (κ3) is 3.36. The molecule has 0 radical (unpaired) electrons. The summed E-state index contributed by atoms with van der Waals surface area (Å²) in [7, 11) is 0. The van der Waals surface area contributed by atoms with Gasteiger partial charge in [0.05, 0.1) is 0 Å². The zero-order chi connectivity index (χ0) is 13.9. The molecule has 0 spiro atoms. The summed E-state index contributed by atoms with van der Waals surface area (Å²) in [5, 5.41) is 2.47. The second kappa shape index (κ2) is 5.58. The summed E-state index contributed by atoms with van der Waals surface area (Å²) in [5.74, 6) is -1.14. The second-order valence-corrected chi connectivity index (χ2v) is 4.36. The van der Waals surface area contributed by atoms with Gasteiger partial charge in [-0.1, -0.05) is 20.3 Å². The maximum Gasteiger partial charge on any atom is 0.406 e. The standard InChI is InChI=1S/C11H17F3N2O2/c1-3-5-8-9(17)15-7(4-2)10(18)16(8)6-11(12,13)14/h7-8H,3-6H2,1-2H3,(H,15,17). The maximum atomic E-state index is 12.5. The zero-order valence-corrected chi connectivity index (χ0v) is 10.4. The monoisotopic (exact) mass is 266 g/mol. The van der Waals surface area contributed by atoms with Gasteiger partial charge in [-0.25, -0.2) is 0 Å². The van der Waals surface area contributed by atoms with Crippen LogP contribution in [-0.2, 0) is 9.59 Å². The van der Waals surface area contributed by atoms with Crippen molar-refractivity contribution in [1.29, 1.82) is 0 Å². The van der Waals surface area contributed by atoms with Gasteiger partial charge in [-0.05, 0) is 12.8 Å². The van der Waals surface area contributed by atoms with Crippen LogP contribution in [0.25, 0.3) is 0 Å². The number of carbonyl (C=O) groups is 2. The quantitative estimate of drug-likeness (QED) is 0.837. The van der Waals surface area contributed by atoms with Crippen molar-refractivity contribution in [2.24, 2.45) is 0 Å². The summed E-state index contributed by atoms with van der Waals surface area (Å²) in [5.41, 5.74) is 0. The first-order valence-electron chi connectivity index (χ1n) is 5.97. The van der Waals surface area contributed by atoms with E-state index in [-0.39, 0.29) is 12.8 Å². The van der Waals surface area contributed by atoms with E-state index in [1.54, 1.807) is 13.8 Å². The summed E-state index contributed by atoms with van der Waals surface area (Å²) >= 11 is 0. The summed E-state index contributed by atoms with van der Waals surface area (Å²) in [6.07, 6.45) is -3.42. The van der Waals surface area contributed by atoms with Crippen molar-refractivity contribution in [3.05, 3.63) is 0 Å². The number of carbonyl (C=O) groups excluding carboxylic acids is 2. The van der Waals surface area contributed by atoms with E-state index in [0.29, 0.717) is 11.3 Å². The Morgan fingerprint density at radius 3 is 2.33 bits per heavy atom. The van der Waals surface area contributed by atoms with E-state index in [2.05, 4.69) is 5.32 Å². The largest absolute Gasteiger partial charge is 0.406 e. The molecule has 2 atom stereocenters. The summed E-state index contributed by atoms with van der Waals surface area (Å²) in [6.45, 7) is 2.05. The Labute approximate surface area is 104 Å². The van der Waals surface area contributed by atoms with Crippen molar-refractivity contribution < 1.29 is 22.8 Å². The molecule has 1 aliphatic heterocycles. The molecule has 1 saturated heterocycles. The van der Waals surface area contributed by atoms with Gasteiger partial charge < -0.3 is 10.2 Å². The molecule has 1 rings (SSSR count). The van der Waals surface area contributed by atoms with E-state index >= 15 is 0 Å². The molecule has 4 nitrogen and oxygen atoms in total. The topological polar surface area (TPSA) is 49.4 Å². The van der Waals surface area contributed by atoms with Gasteiger partial charge in [0.1, 0.15) is 18.6 Å². The minimum absolute atomic E-state index is 0.240. The Balaban J connectivity index is 2.93. The van der Waals surface area contributed by atoms with E-state index in [0.717, 1.165) is 0 Å². The molecule has 2 amide bonds. The molecule has 0 aromatic rings. The number of nitrogens with one attached hydrogen (secondary N) is 1. The lowest BCUT2D eigenvalue weighted by molar-refractivity contribution is -0.174. The van der Waals surface area contributed by atoms with Gasteiger partial charge in [0, 0.05) is 0 Å². The SMILES string of the molecule is CCCC1C(=O)NC(CC)C(=O)N1CC(F)(F)F. The number of alkyl halides is 3. The van der Waals surface area contributed by atoms with Gasteiger partial charge >= 0.3 is 6.18 Å². The average Bonchev–Trinajstić information content (AvgIpc) is 2.26.